The molecule has 3 aromatic rings. The van der Waals surface area contributed by atoms with Gasteiger partial charge in [-0.1, -0.05) is 48.5 Å². The Morgan fingerprint density at radius 2 is 1.75 bits per heavy atom. The zero-order chi connectivity index (χ0) is 19.9. The highest BCUT2D eigenvalue weighted by molar-refractivity contribution is 5.46. The van der Waals surface area contributed by atoms with E-state index in [4.69, 9.17) is 4.74 Å². The SMILES string of the molecule is Cc1cccc(C)c1-n1cnc(N(C)CCCOCc2ccccc2)nc1=O. The summed E-state index contributed by atoms with van der Waals surface area (Å²) in [6, 6.07) is 16.0. The minimum Gasteiger partial charge on any atom is -0.377 e. The molecule has 0 aliphatic carbocycles. The van der Waals surface area contributed by atoms with Crippen molar-refractivity contribution in [3.63, 3.8) is 0 Å². The number of benzene rings is 2. The first-order chi connectivity index (χ1) is 13.6. The van der Waals surface area contributed by atoms with Crippen molar-refractivity contribution in [1.29, 1.82) is 0 Å². The maximum absolute atomic E-state index is 12.5. The van der Waals surface area contributed by atoms with Crippen molar-refractivity contribution in [2.45, 2.75) is 26.9 Å². The molecule has 0 unspecified atom stereocenters. The summed E-state index contributed by atoms with van der Waals surface area (Å²) >= 11 is 0. The van der Waals surface area contributed by atoms with Crippen molar-refractivity contribution in [3.05, 3.63) is 82.0 Å². The summed E-state index contributed by atoms with van der Waals surface area (Å²) in [5.74, 6) is 0.426. The van der Waals surface area contributed by atoms with Crippen LogP contribution in [0.5, 0.6) is 0 Å². The molecule has 3 rings (SSSR count). The number of anilines is 1. The van der Waals surface area contributed by atoms with Crippen LogP contribution in [0.15, 0.2) is 59.7 Å². The molecule has 0 amide bonds. The van der Waals surface area contributed by atoms with Crippen LogP contribution in [0, 0.1) is 13.8 Å². The summed E-state index contributed by atoms with van der Waals surface area (Å²) in [7, 11) is 1.88. The van der Waals surface area contributed by atoms with Crippen LogP contribution >= 0.6 is 0 Å². The average molecular weight is 378 g/mol. The van der Waals surface area contributed by atoms with Crippen LogP contribution in [-0.4, -0.2) is 34.7 Å². The van der Waals surface area contributed by atoms with Gasteiger partial charge in [0, 0.05) is 20.2 Å². The first-order valence-electron chi connectivity index (χ1n) is 9.41. The number of hydrogen-bond acceptors (Lipinski definition) is 5. The zero-order valence-electron chi connectivity index (χ0n) is 16.6. The summed E-state index contributed by atoms with van der Waals surface area (Å²) in [4.78, 5) is 23.0. The quantitative estimate of drug-likeness (QED) is 0.563. The van der Waals surface area contributed by atoms with E-state index in [1.807, 2.05) is 74.3 Å². The van der Waals surface area contributed by atoms with Gasteiger partial charge in [-0.3, -0.25) is 4.57 Å². The summed E-state index contributed by atoms with van der Waals surface area (Å²) in [5.41, 5.74) is 3.71. The van der Waals surface area contributed by atoms with Gasteiger partial charge >= 0.3 is 5.69 Å². The lowest BCUT2D eigenvalue weighted by molar-refractivity contribution is 0.119. The molecular formula is C22H26N4O2. The van der Waals surface area contributed by atoms with Crippen molar-refractivity contribution in [2.75, 3.05) is 25.1 Å². The van der Waals surface area contributed by atoms with E-state index in [0.717, 1.165) is 28.8 Å². The van der Waals surface area contributed by atoms with Gasteiger partial charge in [-0.2, -0.15) is 4.98 Å². The lowest BCUT2D eigenvalue weighted by atomic mass is 10.1. The minimum atomic E-state index is -0.324. The molecule has 0 saturated heterocycles. The second-order valence-electron chi connectivity index (χ2n) is 6.86. The van der Waals surface area contributed by atoms with E-state index in [1.54, 1.807) is 6.33 Å². The molecule has 0 N–H and O–H groups in total. The highest BCUT2D eigenvalue weighted by Crippen LogP contribution is 2.16. The number of para-hydroxylation sites is 1. The van der Waals surface area contributed by atoms with Gasteiger partial charge in [-0.05, 0) is 37.0 Å². The lowest BCUT2D eigenvalue weighted by Crippen LogP contribution is -2.29. The second kappa shape index (κ2) is 9.28. The number of rotatable bonds is 8. The van der Waals surface area contributed by atoms with Crippen molar-refractivity contribution < 1.29 is 4.74 Å². The molecular weight excluding hydrogens is 352 g/mol. The van der Waals surface area contributed by atoms with Gasteiger partial charge in [0.05, 0.1) is 12.3 Å². The molecule has 0 fully saturated rings. The van der Waals surface area contributed by atoms with E-state index < -0.39 is 0 Å². The third kappa shape index (κ3) is 4.84. The number of aromatic nitrogens is 3. The fraction of sp³-hybridized carbons (Fsp3) is 0.318. The summed E-state index contributed by atoms with van der Waals surface area (Å²) in [5, 5.41) is 0. The monoisotopic (exact) mass is 378 g/mol. The summed E-state index contributed by atoms with van der Waals surface area (Å²) in [6.07, 6.45) is 2.38. The van der Waals surface area contributed by atoms with Crippen molar-refractivity contribution in [2.24, 2.45) is 0 Å². The van der Waals surface area contributed by atoms with Crippen molar-refractivity contribution in [3.8, 4) is 5.69 Å². The Kier molecular flexibility index (Phi) is 6.55. The van der Waals surface area contributed by atoms with E-state index in [0.29, 0.717) is 25.7 Å². The molecule has 0 bridgehead atoms. The van der Waals surface area contributed by atoms with E-state index in [9.17, 15) is 4.79 Å². The molecule has 6 heteroatoms. The highest BCUT2D eigenvalue weighted by atomic mass is 16.5. The predicted molar refractivity (Wildman–Crippen MR) is 111 cm³/mol. The third-order valence-corrected chi connectivity index (χ3v) is 4.61. The standard InChI is InChI=1S/C22H26N4O2/c1-17-9-7-10-18(2)20(17)26-16-23-21(24-22(26)27)25(3)13-8-14-28-15-19-11-5-4-6-12-19/h4-7,9-12,16H,8,13-15H2,1-3H3. The van der Waals surface area contributed by atoms with Crippen LogP contribution in [0.4, 0.5) is 5.95 Å². The molecule has 0 aliphatic rings. The topological polar surface area (TPSA) is 60.3 Å². The normalized spacial score (nSPS) is 10.8. The van der Waals surface area contributed by atoms with Crippen molar-refractivity contribution in [1.82, 2.24) is 14.5 Å². The Labute approximate surface area is 165 Å². The molecule has 1 heterocycles. The van der Waals surface area contributed by atoms with E-state index in [2.05, 4.69) is 9.97 Å². The molecule has 0 saturated carbocycles. The van der Waals surface area contributed by atoms with Gasteiger partial charge in [-0.25, -0.2) is 9.78 Å². The van der Waals surface area contributed by atoms with Crippen LogP contribution in [0.2, 0.25) is 0 Å². The van der Waals surface area contributed by atoms with Crippen LogP contribution in [-0.2, 0) is 11.3 Å². The molecule has 0 radical (unpaired) electrons. The maximum Gasteiger partial charge on any atom is 0.356 e. The molecule has 146 valence electrons. The Morgan fingerprint density at radius 1 is 1.04 bits per heavy atom. The Bertz CT molecular complexity index is 950. The van der Waals surface area contributed by atoms with Crippen LogP contribution in [0.3, 0.4) is 0 Å². The highest BCUT2D eigenvalue weighted by Gasteiger charge is 2.11. The number of hydrogen-bond donors (Lipinski definition) is 0. The number of ether oxygens (including phenoxy) is 1. The number of aryl methyl sites for hydroxylation is 2. The van der Waals surface area contributed by atoms with E-state index >= 15 is 0 Å². The van der Waals surface area contributed by atoms with Crippen LogP contribution in [0.1, 0.15) is 23.1 Å². The zero-order valence-corrected chi connectivity index (χ0v) is 16.6. The third-order valence-electron chi connectivity index (χ3n) is 4.61. The molecule has 1 aromatic heterocycles. The van der Waals surface area contributed by atoms with Crippen LogP contribution in [0.25, 0.3) is 5.69 Å². The fourth-order valence-electron chi connectivity index (χ4n) is 3.12. The smallest absolute Gasteiger partial charge is 0.356 e. The Morgan fingerprint density at radius 3 is 2.43 bits per heavy atom. The largest absolute Gasteiger partial charge is 0.377 e. The Balaban J connectivity index is 1.57. The van der Waals surface area contributed by atoms with Gasteiger partial charge in [0.1, 0.15) is 6.33 Å². The molecule has 0 aliphatic heterocycles. The summed E-state index contributed by atoms with van der Waals surface area (Å²) < 4.78 is 7.20. The van der Waals surface area contributed by atoms with Gasteiger partial charge in [0.25, 0.3) is 0 Å². The molecule has 0 atom stereocenters. The average Bonchev–Trinajstić information content (AvgIpc) is 2.69. The first-order valence-corrected chi connectivity index (χ1v) is 9.41. The fourth-order valence-corrected chi connectivity index (χ4v) is 3.12. The molecule has 2 aromatic carbocycles. The van der Waals surface area contributed by atoms with Gasteiger partial charge in [0.2, 0.25) is 5.95 Å². The van der Waals surface area contributed by atoms with Gasteiger partial charge in [0.15, 0.2) is 0 Å². The number of nitrogens with zero attached hydrogens (tertiary/aromatic N) is 4. The molecule has 0 spiro atoms. The molecule has 6 nitrogen and oxygen atoms in total. The van der Waals surface area contributed by atoms with Gasteiger partial charge < -0.3 is 9.64 Å². The van der Waals surface area contributed by atoms with Gasteiger partial charge in [-0.15, -0.1) is 0 Å². The maximum atomic E-state index is 12.5. The van der Waals surface area contributed by atoms with Crippen molar-refractivity contribution >= 4 is 5.95 Å². The van der Waals surface area contributed by atoms with E-state index in [-0.39, 0.29) is 5.69 Å². The lowest BCUT2D eigenvalue weighted by Gasteiger charge is -2.18. The van der Waals surface area contributed by atoms with Crippen LogP contribution < -0.4 is 10.6 Å². The first kappa shape index (κ1) is 19.8. The predicted octanol–water partition coefficient (Wildman–Crippen LogP) is 3.29. The molecule has 28 heavy (non-hydrogen) atoms. The second-order valence-corrected chi connectivity index (χ2v) is 6.86. The summed E-state index contributed by atoms with van der Waals surface area (Å²) in [6.45, 7) is 5.90. The Hall–Kier alpha value is -2.99. The minimum absolute atomic E-state index is 0.324. The van der Waals surface area contributed by atoms with E-state index in [1.165, 1.54) is 4.57 Å².